The molecular weight excluding hydrogens is 281 g/mol. The number of aliphatic carboxylic acids is 1. The van der Waals surface area contributed by atoms with E-state index in [4.69, 9.17) is 14.2 Å². The minimum absolute atomic E-state index is 0.465. The van der Waals surface area contributed by atoms with Crippen LogP contribution >= 0.6 is 8.60 Å². The van der Waals surface area contributed by atoms with Crippen LogP contribution in [0.15, 0.2) is 36.6 Å². The van der Waals surface area contributed by atoms with Crippen LogP contribution in [0.5, 0.6) is 5.75 Å². The molecule has 0 spiro atoms. The van der Waals surface area contributed by atoms with Crippen LogP contribution < -0.4 is 9.42 Å². The maximum absolute atomic E-state index is 10.2. The average molecular weight is 299 g/mol. The molecule has 6 nitrogen and oxygen atoms in total. The number of rotatable bonds is 8. The van der Waals surface area contributed by atoms with Crippen molar-refractivity contribution in [3.05, 3.63) is 36.6 Å². The first-order chi connectivity index (χ1) is 9.56. The van der Waals surface area contributed by atoms with Crippen molar-refractivity contribution in [2.24, 2.45) is 0 Å². The summed E-state index contributed by atoms with van der Waals surface area (Å²) in [7, 11) is -2.20. The van der Waals surface area contributed by atoms with Crippen molar-refractivity contribution in [1.82, 2.24) is 0 Å². The first kappa shape index (κ1) is 16.3. The van der Waals surface area contributed by atoms with Crippen LogP contribution in [-0.4, -0.2) is 29.1 Å². The van der Waals surface area contributed by atoms with Crippen molar-refractivity contribution in [2.45, 2.75) is 13.8 Å². The van der Waals surface area contributed by atoms with Crippen LogP contribution in [-0.2, 0) is 9.32 Å². The Morgan fingerprint density at radius 1 is 1.40 bits per heavy atom. The number of nitrogens with zero attached hydrogens (tertiary/aromatic N) is 1. The lowest BCUT2D eigenvalue weighted by Gasteiger charge is -2.21. The smallest absolute Gasteiger partial charge is 0.459 e. The molecule has 1 atom stereocenters. The molecule has 0 aliphatic carbocycles. The van der Waals surface area contributed by atoms with Crippen molar-refractivity contribution in [1.29, 1.82) is 0 Å². The van der Waals surface area contributed by atoms with Crippen LogP contribution in [0, 0.1) is 0 Å². The number of benzene rings is 1. The monoisotopic (exact) mass is 299 g/mol. The summed E-state index contributed by atoms with van der Waals surface area (Å²) in [5, 5.41) is 8.38. The molecule has 1 aromatic rings. The van der Waals surface area contributed by atoms with Gasteiger partial charge in [0.05, 0.1) is 6.08 Å². The van der Waals surface area contributed by atoms with Gasteiger partial charge in [0.15, 0.2) is 0 Å². The minimum atomic E-state index is -2.20. The van der Waals surface area contributed by atoms with Crippen LogP contribution in [0.2, 0.25) is 0 Å². The molecule has 7 heteroatoms. The first-order valence-electron chi connectivity index (χ1n) is 6.15. The molecule has 110 valence electrons. The normalized spacial score (nSPS) is 12.2. The van der Waals surface area contributed by atoms with Gasteiger partial charge in [-0.2, -0.15) is 0 Å². The summed E-state index contributed by atoms with van der Waals surface area (Å²) in [5.41, 5.74) is 0.983. The second-order valence-corrected chi connectivity index (χ2v) is 4.61. The molecule has 0 saturated carbocycles. The molecule has 0 heterocycles. The Morgan fingerprint density at radius 3 is 2.70 bits per heavy atom. The van der Waals surface area contributed by atoms with Gasteiger partial charge in [0.25, 0.3) is 0 Å². The molecule has 0 radical (unpaired) electrons. The molecule has 1 unspecified atom stereocenters. The standard InChI is InChI=1S/C13H18NO5P/c1-3-14(4-2)11-6-5-7-12(10-11)19-20(17)18-9-8-13(15)16/h5-10,17H,3-4H2,1-2H3,(H,15,16). The van der Waals surface area contributed by atoms with E-state index < -0.39 is 14.6 Å². The molecule has 0 aromatic heterocycles. The van der Waals surface area contributed by atoms with Gasteiger partial charge >= 0.3 is 14.6 Å². The maximum atomic E-state index is 10.2. The fraction of sp³-hybridized carbons (Fsp3) is 0.308. The van der Waals surface area contributed by atoms with Crippen molar-refractivity contribution in [3.8, 4) is 5.75 Å². The van der Waals surface area contributed by atoms with E-state index in [-0.39, 0.29) is 0 Å². The van der Waals surface area contributed by atoms with Gasteiger partial charge in [-0.15, -0.1) is 0 Å². The Kier molecular flexibility index (Phi) is 6.84. The first-order valence-corrected chi connectivity index (χ1v) is 7.28. The van der Waals surface area contributed by atoms with E-state index in [1.165, 1.54) is 0 Å². The van der Waals surface area contributed by atoms with Gasteiger partial charge in [0, 0.05) is 24.8 Å². The predicted octanol–water partition coefficient (Wildman–Crippen LogP) is 2.75. The fourth-order valence-corrected chi connectivity index (χ4v) is 2.08. The summed E-state index contributed by atoms with van der Waals surface area (Å²) in [6, 6.07) is 7.26. The molecule has 0 aliphatic rings. The van der Waals surface area contributed by atoms with Crippen molar-refractivity contribution in [2.75, 3.05) is 18.0 Å². The zero-order chi connectivity index (χ0) is 15.0. The summed E-state index contributed by atoms with van der Waals surface area (Å²) in [4.78, 5) is 21.9. The van der Waals surface area contributed by atoms with Gasteiger partial charge < -0.3 is 23.9 Å². The van der Waals surface area contributed by atoms with E-state index in [0.717, 1.165) is 31.1 Å². The zero-order valence-electron chi connectivity index (χ0n) is 11.4. The van der Waals surface area contributed by atoms with Crippen molar-refractivity contribution >= 4 is 20.3 Å². The number of carboxylic acid groups (broad SMARTS) is 1. The Balaban J connectivity index is 2.63. The Hall–Kier alpha value is -1.78. The quantitative estimate of drug-likeness (QED) is 0.436. The highest BCUT2D eigenvalue weighted by atomic mass is 31.2. The second-order valence-electron chi connectivity index (χ2n) is 3.75. The third kappa shape index (κ3) is 5.47. The Bertz CT molecular complexity index is 462. The van der Waals surface area contributed by atoms with Gasteiger partial charge in [-0.25, -0.2) is 4.79 Å². The molecule has 0 fully saturated rings. The lowest BCUT2D eigenvalue weighted by atomic mass is 10.2. The highest BCUT2D eigenvalue weighted by molar-refractivity contribution is 7.41. The number of carbonyl (C=O) groups is 1. The van der Waals surface area contributed by atoms with Gasteiger partial charge in [0.1, 0.15) is 12.0 Å². The largest absolute Gasteiger partial charge is 0.478 e. The van der Waals surface area contributed by atoms with Crippen LogP contribution in [0.4, 0.5) is 5.69 Å². The average Bonchev–Trinajstić information content (AvgIpc) is 2.40. The van der Waals surface area contributed by atoms with E-state index in [1.54, 1.807) is 12.1 Å². The Labute approximate surface area is 119 Å². The van der Waals surface area contributed by atoms with Crippen LogP contribution in [0.25, 0.3) is 0 Å². The summed E-state index contributed by atoms with van der Waals surface area (Å²) < 4.78 is 9.94. The minimum Gasteiger partial charge on any atom is -0.478 e. The SMILES string of the molecule is CCN(CC)c1cccc(OP(O)OC=CC(=O)O)c1. The predicted molar refractivity (Wildman–Crippen MR) is 77.6 cm³/mol. The molecular formula is C13H18NO5P. The van der Waals surface area contributed by atoms with E-state index >= 15 is 0 Å². The molecule has 2 N–H and O–H groups in total. The zero-order valence-corrected chi connectivity index (χ0v) is 12.3. The summed E-state index contributed by atoms with van der Waals surface area (Å²) in [5.74, 6) is -0.691. The summed E-state index contributed by atoms with van der Waals surface area (Å²) in [6.07, 6.45) is 1.67. The number of hydrogen-bond acceptors (Lipinski definition) is 5. The van der Waals surface area contributed by atoms with Gasteiger partial charge in [-0.1, -0.05) is 6.07 Å². The fourth-order valence-electron chi connectivity index (χ4n) is 1.58. The van der Waals surface area contributed by atoms with Gasteiger partial charge in [-0.3, -0.25) is 0 Å². The van der Waals surface area contributed by atoms with E-state index in [1.807, 2.05) is 12.1 Å². The highest BCUT2D eigenvalue weighted by Gasteiger charge is 2.10. The molecule has 1 rings (SSSR count). The van der Waals surface area contributed by atoms with Crippen LogP contribution in [0.1, 0.15) is 13.8 Å². The van der Waals surface area contributed by atoms with E-state index in [0.29, 0.717) is 5.75 Å². The molecule has 0 amide bonds. The lowest BCUT2D eigenvalue weighted by Crippen LogP contribution is -2.21. The number of anilines is 1. The van der Waals surface area contributed by atoms with Gasteiger partial charge in [-0.05, 0) is 26.0 Å². The molecule has 1 aromatic carbocycles. The summed E-state index contributed by atoms with van der Waals surface area (Å²) in [6.45, 7) is 5.84. The van der Waals surface area contributed by atoms with Crippen molar-refractivity contribution in [3.63, 3.8) is 0 Å². The highest BCUT2D eigenvalue weighted by Crippen LogP contribution is 2.36. The third-order valence-corrected chi connectivity index (χ3v) is 3.16. The third-order valence-electron chi connectivity index (χ3n) is 2.49. The van der Waals surface area contributed by atoms with Gasteiger partial charge in [0.2, 0.25) is 0 Å². The molecule has 20 heavy (non-hydrogen) atoms. The summed E-state index contributed by atoms with van der Waals surface area (Å²) >= 11 is 0. The topological polar surface area (TPSA) is 79.2 Å². The van der Waals surface area contributed by atoms with E-state index in [2.05, 4.69) is 18.7 Å². The number of hydrogen-bond donors (Lipinski definition) is 2. The van der Waals surface area contributed by atoms with E-state index in [9.17, 15) is 9.69 Å². The Morgan fingerprint density at radius 2 is 2.10 bits per heavy atom. The van der Waals surface area contributed by atoms with Crippen LogP contribution in [0.3, 0.4) is 0 Å². The maximum Gasteiger partial charge on any atom is 0.459 e. The molecule has 0 bridgehead atoms. The van der Waals surface area contributed by atoms with Crippen molar-refractivity contribution < 1.29 is 23.8 Å². The lowest BCUT2D eigenvalue weighted by molar-refractivity contribution is -0.131. The number of carboxylic acids is 1. The second kappa shape index (κ2) is 8.40. The molecule has 0 saturated heterocycles. The molecule has 0 aliphatic heterocycles.